The zero-order chi connectivity index (χ0) is 24.9. The zero-order valence-corrected chi connectivity index (χ0v) is 23.7. The second kappa shape index (κ2) is 11.4. The smallest absolute Gasteiger partial charge is 0.266 e. The highest BCUT2D eigenvalue weighted by molar-refractivity contribution is 14.1. The minimum Gasteiger partial charge on any atom is -0.487 e. The number of nitrogens with zero attached hydrogens (tertiary/aromatic N) is 1. The van der Waals surface area contributed by atoms with E-state index in [1.54, 1.807) is 24.3 Å². The molecular weight excluding hydrogens is 686 g/mol. The van der Waals surface area contributed by atoms with Crippen LogP contribution in [0.5, 0.6) is 5.75 Å². The van der Waals surface area contributed by atoms with Gasteiger partial charge in [-0.05, 0) is 116 Å². The first kappa shape index (κ1) is 25.5. The second-order valence-corrected chi connectivity index (χ2v) is 10.6. The Morgan fingerprint density at radius 3 is 2.46 bits per heavy atom. The topological polar surface area (TPSA) is 62.1 Å². The molecule has 0 fully saturated rings. The Bertz CT molecular complexity index is 1490. The molecule has 1 N–H and O–H groups in total. The van der Waals surface area contributed by atoms with Gasteiger partial charge in [0.1, 0.15) is 24.0 Å². The summed E-state index contributed by atoms with van der Waals surface area (Å²) >= 11 is 10.6. The van der Waals surface area contributed by atoms with Crippen molar-refractivity contribution in [2.45, 2.75) is 13.5 Å². The number of ether oxygens (including phenoxy) is 1. The van der Waals surface area contributed by atoms with E-state index in [4.69, 9.17) is 16.3 Å². The van der Waals surface area contributed by atoms with Gasteiger partial charge in [0.05, 0.1) is 7.14 Å². The molecule has 4 aromatic rings. The van der Waals surface area contributed by atoms with Crippen LogP contribution >= 0.6 is 56.8 Å². The van der Waals surface area contributed by atoms with E-state index in [9.17, 15) is 10.1 Å². The lowest BCUT2D eigenvalue weighted by Crippen LogP contribution is -2.14. The molecule has 0 heterocycles. The fraction of sp³-hybridized carbons (Fsp3) is 0.0714. The van der Waals surface area contributed by atoms with Crippen molar-refractivity contribution in [3.63, 3.8) is 0 Å². The van der Waals surface area contributed by atoms with Crippen LogP contribution in [0.1, 0.15) is 16.7 Å². The number of benzene rings is 4. The van der Waals surface area contributed by atoms with Gasteiger partial charge < -0.3 is 10.1 Å². The molecule has 0 saturated heterocycles. The monoisotopic (exact) mass is 704 g/mol. The van der Waals surface area contributed by atoms with E-state index in [1.807, 2.05) is 37.3 Å². The van der Waals surface area contributed by atoms with Gasteiger partial charge in [0, 0.05) is 10.7 Å². The number of fused-ring (bicyclic) bond motifs is 1. The van der Waals surface area contributed by atoms with Gasteiger partial charge in [0.25, 0.3) is 5.91 Å². The third-order valence-corrected chi connectivity index (χ3v) is 7.42. The Balaban J connectivity index is 1.51. The Morgan fingerprint density at radius 2 is 1.74 bits per heavy atom. The van der Waals surface area contributed by atoms with Crippen LogP contribution in [0.25, 0.3) is 16.8 Å². The van der Waals surface area contributed by atoms with Gasteiger partial charge >= 0.3 is 0 Å². The van der Waals surface area contributed by atoms with Gasteiger partial charge in [-0.1, -0.05) is 54.1 Å². The van der Waals surface area contributed by atoms with E-state index < -0.39 is 5.91 Å². The van der Waals surface area contributed by atoms with Gasteiger partial charge in [-0.15, -0.1) is 0 Å². The molecule has 0 aliphatic carbocycles. The molecule has 0 spiro atoms. The molecule has 0 aromatic heterocycles. The number of carbonyl (C=O) groups is 1. The molecule has 0 radical (unpaired) electrons. The van der Waals surface area contributed by atoms with Gasteiger partial charge in [0.15, 0.2) is 0 Å². The first-order valence-electron chi connectivity index (χ1n) is 10.6. The second-order valence-electron chi connectivity index (χ2n) is 7.82. The lowest BCUT2D eigenvalue weighted by molar-refractivity contribution is -0.112. The lowest BCUT2D eigenvalue weighted by Gasteiger charge is -2.12. The number of rotatable bonds is 6. The van der Waals surface area contributed by atoms with Crippen LogP contribution < -0.4 is 10.1 Å². The number of halogens is 3. The number of amides is 1. The average Bonchev–Trinajstić information content (AvgIpc) is 2.84. The Kier molecular flexibility index (Phi) is 8.31. The van der Waals surface area contributed by atoms with E-state index in [-0.39, 0.29) is 5.57 Å². The summed E-state index contributed by atoms with van der Waals surface area (Å²) in [5.41, 5.74) is 3.15. The highest BCUT2D eigenvalue weighted by atomic mass is 127. The van der Waals surface area contributed by atoms with Crippen LogP contribution in [-0.4, -0.2) is 5.91 Å². The molecule has 7 heteroatoms. The molecule has 0 saturated carbocycles. The van der Waals surface area contributed by atoms with Crippen molar-refractivity contribution in [1.82, 2.24) is 0 Å². The van der Waals surface area contributed by atoms with Crippen LogP contribution in [-0.2, 0) is 11.4 Å². The van der Waals surface area contributed by atoms with Crippen LogP contribution in [0.4, 0.5) is 5.69 Å². The van der Waals surface area contributed by atoms with E-state index in [1.165, 1.54) is 10.8 Å². The molecule has 4 aromatic carbocycles. The number of hydrogen-bond donors (Lipinski definition) is 1. The molecule has 1 amide bonds. The zero-order valence-electron chi connectivity index (χ0n) is 18.6. The summed E-state index contributed by atoms with van der Waals surface area (Å²) in [6.07, 6.45) is 1.58. The molecule has 0 atom stereocenters. The molecule has 0 aliphatic rings. The number of nitrogens with one attached hydrogen (secondary N) is 1. The molecule has 4 nitrogen and oxygen atoms in total. The summed E-state index contributed by atoms with van der Waals surface area (Å²) in [7, 11) is 0. The number of carbonyl (C=O) groups excluding carboxylic acids is 1. The van der Waals surface area contributed by atoms with Gasteiger partial charge in [-0.3, -0.25) is 4.79 Å². The maximum atomic E-state index is 12.7. The maximum Gasteiger partial charge on any atom is 0.266 e. The Morgan fingerprint density at radius 1 is 1.03 bits per heavy atom. The fourth-order valence-electron chi connectivity index (χ4n) is 3.53. The van der Waals surface area contributed by atoms with Crippen molar-refractivity contribution < 1.29 is 9.53 Å². The summed E-state index contributed by atoms with van der Waals surface area (Å²) in [4.78, 5) is 12.7. The van der Waals surface area contributed by atoms with E-state index in [0.717, 1.165) is 29.6 Å². The first-order valence-corrected chi connectivity index (χ1v) is 13.2. The van der Waals surface area contributed by atoms with Crippen LogP contribution in [0.15, 0.2) is 78.4 Å². The molecular formula is C28H19ClI2N2O2. The highest BCUT2D eigenvalue weighted by Crippen LogP contribution is 2.31. The van der Waals surface area contributed by atoms with Crippen molar-refractivity contribution in [3.05, 3.63) is 107 Å². The Labute approximate surface area is 236 Å². The SMILES string of the molecule is Cc1c(Cl)cccc1NC(=O)/C(C#N)=C\c1cc(I)c(OCc2ccc3ccccc3c2)c(I)c1. The lowest BCUT2D eigenvalue weighted by atomic mass is 10.1. The summed E-state index contributed by atoms with van der Waals surface area (Å²) in [5.74, 6) is 0.286. The van der Waals surface area contributed by atoms with Gasteiger partial charge in [-0.25, -0.2) is 0 Å². The molecule has 35 heavy (non-hydrogen) atoms. The van der Waals surface area contributed by atoms with E-state index in [0.29, 0.717) is 17.3 Å². The predicted molar refractivity (Wildman–Crippen MR) is 159 cm³/mol. The van der Waals surface area contributed by atoms with Crippen molar-refractivity contribution in [2.75, 3.05) is 5.32 Å². The van der Waals surface area contributed by atoms with Gasteiger partial charge in [0.2, 0.25) is 0 Å². The maximum absolute atomic E-state index is 12.7. The summed E-state index contributed by atoms with van der Waals surface area (Å²) < 4.78 is 7.93. The average molecular weight is 705 g/mol. The van der Waals surface area contributed by atoms with Crippen LogP contribution in [0.3, 0.4) is 0 Å². The number of nitriles is 1. The van der Waals surface area contributed by atoms with Crippen molar-refractivity contribution in [1.29, 1.82) is 5.26 Å². The normalized spacial score (nSPS) is 11.2. The van der Waals surface area contributed by atoms with Gasteiger partial charge in [-0.2, -0.15) is 5.26 Å². The molecule has 174 valence electrons. The summed E-state index contributed by atoms with van der Waals surface area (Å²) in [5, 5.41) is 15.3. The van der Waals surface area contributed by atoms with Crippen LogP contribution in [0.2, 0.25) is 5.02 Å². The van der Waals surface area contributed by atoms with Crippen molar-refractivity contribution in [3.8, 4) is 11.8 Å². The number of anilines is 1. The standard InChI is InChI=1S/C28H19ClI2N2O2/c1-17-23(29)7-4-8-26(17)33-28(34)22(15-32)12-19-13-24(30)27(25(31)14-19)35-16-18-9-10-20-5-2-3-6-21(20)11-18/h2-14H,16H2,1H3,(H,33,34)/b22-12-. The molecule has 0 bridgehead atoms. The summed E-state index contributed by atoms with van der Waals surface area (Å²) in [6, 6.07) is 25.6. The van der Waals surface area contributed by atoms with Crippen LogP contribution in [0, 0.1) is 25.4 Å². The predicted octanol–water partition coefficient (Wildman–Crippen LogP) is 8.14. The summed E-state index contributed by atoms with van der Waals surface area (Å²) in [6.45, 7) is 2.26. The first-order chi connectivity index (χ1) is 16.9. The quantitative estimate of drug-likeness (QED) is 0.125. The minimum absolute atomic E-state index is 0.000748. The number of hydrogen-bond acceptors (Lipinski definition) is 3. The third kappa shape index (κ3) is 6.15. The third-order valence-electron chi connectivity index (χ3n) is 5.41. The van der Waals surface area contributed by atoms with E-state index in [2.05, 4.69) is 80.8 Å². The largest absolute Gasteiger partial charge is 0.487 e. The highest BCUT2D eigenvalue weighted by Gasteiger charge is 2.14. The fourth-order valence-corrected chi connectivity index (χ4v) is 5.83. The van der Waals surface area contributed by atoms with Crippen molar-refractivity contribution in [2.24, 2.45) is 0 Å². The molecule has 4 rings (SSSR count). The minimum atomic E-state index is -0.487. The van der Waals surface area contributed by atoms with Crippen molar-refractivity contribution >= 4 is 85.2 Å². The molecule has 0 aliphatic heterocycles. The van der Waals surface area contributed by atoms with E-state index >= 15 is 0 Å². The Hall–Kier alpha value is -2.61. The molecule has 0 unspecified atom stereocenters.